The molecular formula is C15H9FIN3O. The van der Waals surface area contributed by atoms with Crippen LogP contribution in [0.1, 0.15) is 5.56 Å². The molecule has 0 unspecified atom stereocenters. The molecule has 21 heavy (non-hydrogen) atoms. The number of nitrogens with one attached hydrogen (secondary N) is 1. The lowest BCUT2D eigenvalue weighted by Crippen LogP contribution is -1.92. The minimum atomic E-state index is -0.436. The predicted molar refractivity (Wildman–Crippen MR) is 85.5 cm³/mol. The molecule has 0 aliphatic carbocycles. The van der Waals surface area contributed by atoms with Crippen LogP contribution in [0.4, 0.5) is 4.39 Å². The van der Waals surface area contributed by atoms with Crippen molar-refractivity contribution in [1.29, 1.82) is 5.26 Å². The van der Waals surface area contributed by atoms with Gasteiger partial charge in [-0.2, -0.15) is 5.26 Å². The number of nitrogens with zero attached hydrogens (tertiary/aromatic N) is 2. The number of hydrogen-bond donors (Lipinski definition) is 1. The topological polar surface area (TPSA) is 61.7 Å². The van der Waals surface area contributed by atoms with E-state index in [-0.39, 0.29) is 5.75 Å². The molecule has 0 saturated carbocycles. The minimum Gasteiger partial charge on any atom is -0.494 e. The van der Waals surface area contributed by atoms with Crippen LogP contribution in [0.2, 0.25) is 0 Å². The molecule has 0 spiro atoms. The number of benzene rings is 1. The Balaban J connectivity index is 2.35. The Morgan fingerprint density at radius 3 is 2.90 bits per heavy atom. The highest BCUT2D eigenvalue weighted by Gasteiger charge is 2.15. The summed E-state index contributed by atoms with van der Waals surface area (Å²) in [6.45, 7) is 0. The summed E-state index contributed by atoms with van der Waals surface area (Å²) in [5.74, 6) is -0.291. The number of aromatic nitrogens is 2. The number of aromatic amines is 1. The molecule has 3 aromatic rings. The fourth-order valence-corrected chi connectivity index (χ4v) is 2.82. The van der Waals surface area contributed by atoms with E-state index in [1.807, 2.05) is 6.07 Å². The zero-order valence-corrected chi connectivity index (χ0v) is 13.1. The van der Waals surface area contributed by atoms with Gasteiger partial charge in [0.25, 0.3) is 0 Å². The summed E-state index contributed by atoms with van der Waals surface area (Å²) < 4.78 is 19.5. The van der Waals surface area contributed by atoms with Gasteiger partial charge in [-0.15, -0.1) is 0 Å². The van der Waals surface area contributed by atoms with Crippen LogP contribution in [-0.4, -0.2) is 17.1 Å². The van der Waals surface area contributed by atoms with E-state index in [2.05, 4.69) is 38.6 Å². The first-order valence-electron chi connectivity index (χ1n) is 6.05. The van der Waals surface area contributed by atoms with Crippen LogP contribution in [0.15, 0.2) is 30.5 Å². The first-order chi connectivity index (χ1) is 10.1. The van der Waals surface area contributed by atoms with Gasteiger partial charge in [0.05, 0.1) is 16.4 Å². The van der Waals surface area contributed by atoms with Crippen LogP contribution < -0.4 is 4.74 Å². The summed E-state index contributed by atoms with van der Waals surface area (Å²) in [5.41, 5.74) is 2.57. The van der Waals surface area contributed by atoms with Gasteiger partial charge in [-0.05, 0) is 46.4 Å². The zero-order valence-electron chi connectivity index (χ0n) is 10.9. The Bertz CT molecular complexity index is 882. The highest BCUT2D eigenvalue weighted by Crippen LogP contribution is 2.34. The van der Waals surface area contributed by atoms with Gasteiger partial charge < -0.3 is 9.72 Å². The second kappa shape index (κ2) is 5.33. The maximum Gasteiger partial charge on any atom is 0.165 e. The molecule has 0 radical (unpaired) electrons. The Kier molecular flexibility index (Phi) is 3.51. The van der Waals surface area contributed by atoms with Crippen molar-refractivity contribution in [2.45, 2.75) is 0 Å². The van der Waals surface area contributed by atoms with E-state index in [0.717, 1.165) is 14.7 Å². The summed E-state index contributed by atoms with van der Waals surface area (Å²) in [6, 6.07) is 8.60. The van der Waals surface area contributed by atoms with E-state index in [4.69, 9.17) is 4.74 Å². The number of methoxy groups -OCH3 is 1. The predicted octanol–water partition coefficient (Wildman–Crippen LogP) is 3.85. The number of hydrogen-bond acceptors (Lipinski definition) is 3. The van der Waals surface area contributed by atoms with Crippen molar-refractivity contribution in [3.8, 4) is 22.9 Å². The molecule has 1 aromatic carbocycles. The molecule has 6 heteroatoms. The van der Waals surface area contributed by atoms with Crippen LogP contribution in [0.25, 0.3) is 22.2 Å². The molecule has 0 bridgehead atoms. The largest absolute Gasteiger partial charge is 0.494 e. The Labute approximate surface area is 133 Å². The number of ether oxygens (including phenoxy) is 1. The third-order valence-corrected chi connectivity index (χ3v) is 3.77. The second-order valence-corrected chi connectivity index (χ2v) is 5.55. The van der Waals surface area contributed by atoms with Crippen molar-refractivity contribution in [3.63, 3.8) is 0 Å². The zero-order chi connectivity index (χ0) is 15.0. The van der Waals surface area contributed by atoms with Gasteiger partial charge in [0.2, 0.25) is 0 Å². The molecule has 0 saturated heterocycles. The van der Waals surface area contributed by atoms with E-state index in [9.17, 15) is 9.65 Å². The van der Waals surface area contributed by atoms with Crippen LogP contribution in [0.5, 0.6) is 5.75 Å². The second-order valence-electron chi connectivity index (χ2n) is 4.39. The summed E-state index contributed by atoms with van der Waals surface area (Å²) in [5, 5.41) is 10.1. The van der Waals surface area contributed by atoms with Gasteiger partial charge in [0.1, 0.15) is 11.7 Å². The fraction of sp³-hybridized carbons (Fsp3) is 0.0667. The Morgan fingerprint density at radius 1 is 1.38 bits per heavy atom. The highest BCUT2D eigenvalue weighted by atomic mass is 127. The van der Waals surface area contributed by atoms with Crippen LogP contribution in [0.3, 0.4) is 0 Å². The molecule has 3 rings (SSSR count). The standard InChI is InChI=1S/C15H9FIN3O/c1-21-12-4-8(2-3-11(12)16)14-9(6-18)7-19-15-10(14)5-13(17)20-15/h2-5,7H,1H3,(H,19,20). The summed E-state index contributed by atoms with van der Waals surface area (Å²) in [7, 11) is 1.41. The molecule has 0 atom stereocenters. The first kappa shape index (κ1) is 13.8. The van der Waals surface area contributed by atoms with Crippen molar-refractivity contribution < 1.29 is 9.13 Å². The maximum atomic E-state index is 13.6. The van der Waals surface area contributed by atoms with Crippen LogP contribution in [0, 0.1) is 20.8 Å². The quantitative estimate of drug-likeness (QED) is 0.673. The minimum absolute atomic E-state index is 0.145. The average Bonchev–Trinajstić information content (AvgIpc) is 2.87. The molecule has 104 valence electrons. The fourth-order valence-electron chi connectivity index (χ4n) is 2.25. The van der Waals surface area contributed by atoms with Crippen molar-refractivity contribution in [3.05, 3.63) is 45.5 Å². The lowest BCUT2D eigenvalue weighted by molar-refractivity contribution is 0.387. The molecule has 0 aliphatic rings. The molecule has 2 heterocycles. The van der Waals surface area contributed by atoms with Crippen LogP contribution in [-0.2, 0) is 0 Å². The number of rotatable bonds is 2. The van der Waals surface area contributed by atoms with Crippen molar-refractivity contribution in [2.24, 2.45) is 0 Å². The third-order valence-electron chi connectivity index (χ3n) is 3.19. The number of halogens is 2. The smallest absolute Gasteiger partial charge is 0.165 e. The van der Waals surface area contributed by atoms with Gasteiger partial charge in [0, 0.05) is 17.1 Å². The summed E-state index contributed by atoms with van der Waals surface area (Å²) in [4.78, 5) is 7.35. The van der Waals surface area contributed by atoms with Crippen molar-refractivity contribution >= 4 is 33.6 Å². The molecule has 4 nitrogen and oxygen atoms in total. The normalized spacial score (nSPS) is 10.6. The first-order valence-corrected chi connectivity index (χ1v) is 7.13. The summed E-state index contributed by atoms with van der Waals surface area (Å²) >= 11 is 2.15. The van der Waals surface area contributed by atoms with E-state index in [1.54, 1.807) is 12.1 Å². The molecule has 1 N–H and O–H groups in total. The van der Waals surface area contributed by atoms with E-state index in [1.165, 1.54) is 19.4 Å². The van der Waals surface area contributed by atoms with Gasteiger partial charge >= 0.3 is 0 Å². The van der Waals surface area contributed by atoms with Gasteiger partial charge in [0.15, 0.2) is 11.6 Å². The lowest BCUT2D eigenvalue weighted by atomic mass is 9.99. The molecule has 0 fully saturated rings. The van der Waals surface area contributed by atoms with Gasteiger partial charge in [-0.3, -0.25) is 0 Å². The Hall–Kier alpha value is -2.14. The number of fused-ring (bicyclic) bond motifs is 1. The number of H-pyrrole nitrogens is 1. The SMILES string of the molecule is COc1cc(-c2c(C#N)cnc3[nH]c(I)cc23)ccc1F. The third kappa shape index (κ3) is 2.34. The van der Waals surface area contributed by atoms with Crippen molar-refractivity contribution in [1.82, 2.24) is 9.97 Å². The molecule has 2 aromatic heterocycles. The molecule has 0 amide bonds. The molecular weight excluding hydrogens is 384 g/mol. The van der Waals surface area contributed by atoms with Crippen LogP contribution >= 0.6 is 22.6 Å². The van der Waals surface area contributed by atoms with Crippen molar-refractivity contribution in [2.75, 3.05) is 7.11 Å². The van der Waals surface area contributed by atoms with Gasteiger partial charge in [-0.1, -0.05) is 6.07 Å². The Morgan fingerprint density at radius 2 is 2.19 bits per heavy atom. The van der Waals surface area contributed by atoms with E-state index in [0.29, 0.717) is 16.8 Å². The lowest BCUT2D eigenvalue weighted by Gasteiger charge is -2.08. The highest BCUT2D eigenvalue weighted by molar-refractivity contribution is 14.1. The van der Waals surface area contributed by atoms with Gasteiger partial charge in [-0.25, -0.2) is 9.37 Å². The maximum absolute atomic E-state index is 13.6. The number of nitriles is 1. The molecule has 0 aliphatic heterocycles. The number of pyridine rings is 1. The van der Waals surface area contributed by atoms with E-state index >= 15 is 0 Å². The average molecular weight is 393 g/mol. The van der Waals surface area contributed by atoms with E-state index < -0.39 is 5.82 Å². The monoisotopic (exact) mass is 393 g/mol. The summed E-state index contributed by atoms with van der Waals surface area (Å²) in [6.07, 6.45) is 1.51.